The van der Waals surface area contributed by atoms with E-state index in [1.54, 1.807) is 0 Å². The molecule has 2 fully saturated rings. The van der Waals surface area contributed by atoms with Gasteiger partial charge in [0.15, 0.2) is 0 Å². The third kappa shape index (κ3) is 1.96. The van der Waals surface area contributed by atoms with E-state index in [-0.39, 0.29) is 11.8 Å². The highest BCUT2D eigenvalue weighted by Gasteiger charge is 2.61. The number of fused-ring (bicyclic) bond motifs is 2. The van der Waals surface area contributed by atoms with E-state index in [0.717, 1.165) is 36.1 Å². The van der Waals surface area contributed by atoms with Crippen molar-refractivity contribution in [1.82, 2.24) is 4.90 Å². The largest absolute Gasteiger partial charge is 0.323 e. The van der Waals surface area contributed by atoms with E-state index < -0.39 is 11.0 Å². The predicted octanol–water partition coefficient (Wildman–Crippen LogP) is 3.84. The van der Waals surface area contributed by atoms with Crippen molar-refractivity contribution in [2.45, 2.75) is 36.6 Å². The van der Waals surface area contributed by atoms with Crippen LogP contribution in [0, 0.1) is 0 Å². The molecule has 26 heavy (non-hydrogen) atoms. The van der Waals surface area contributed by atoms with Crippen LogP contribution in [-0.2, 0) is 20.5 Å². The number of anilines is 1. The molecule has 0 bridgehead atoms. The molecule has 0 unspecified atom stereocenters. The number of halogens is 1. The number of benzene rings is 2. The fourth-order valence-electron chi connectivity index (χ4n) is 4.69. The van der Waals surface area contributed by atoms with Gasteiger partial charge in [0.25, 0.3) is 5.91 Å². The third-order valence-corrected chi connectivity index (χ3v) is 6.43. The van der Waals surface area contributed by atoms with Crippen LogP contribution in [0.1, 0.15) is 36.8 Å². The first-order chi connectivity index (χ1) is 12.6. The molecule has 2 aromatic rings. The molecule has 4 nitrogen and oxygen atoms in total. The minimum atomic E-state index is -0.851. The second kappa shape index (κ2) is 5.34. The van der Waals surface area contributed by atoms with Crippen molar-refractivity contribution in [1.29, 1.82) is 0 Å². The first-order valence-electron chi connectivity index (χ1n) is 9.07. The van der Waals surface area contributed by atoms with Crippen LogP contribution in [0.2, 0.25) is 5.02 Å². The molecule has 3 aliphatic rings. The number of para-hydroxylation sites is 1. The monoisotopic (exact) mass is 366 g/mol. The molecular formula is C21H19ClN2O2. The molecule has 1 N–H and O–H groups in total. The Morgan fingerprint density at radius 3 is 2.50 bits per heavy atom. The first kappa shape index (κ1) is 15.9. The van der Waals surface area contributed by atoms with Crippen LogP contribution in [0.25, 0.3) is 0 Å². The molecule has 1 spiro atoms. The minimum absolute atomic E-state index is 0.0727. The molecule has 2 heterocycles. The Labute approximate surface area is 157 Å². The van der Waals surface area contributed by atoms with Crippen molar-refractivity contribution >= 4 is 29.1 Å². The lowest BCUT2D eigenvalue weighted by molar-refractivity contribution is -0.144. The van der Waals surface area contributed by atoms with E-state index in [1.165, 1.54) is 0 Å². The number of hydrogen-bond donors (Lipinski definition) is 1. The van der Waals surface area contributed by atoms with Gasteiger partial charge >= 0.3 is 0 Å². The van der Waals surface area contributed by atoms with Gasteiger partial charge in [-0.2, -0.15) is 0 Å². The smallest absolute Gasteiger partial charge is 0.255 e. The molecule has 0 radical (unpaired) electrons. The summed E-state index contributed by atoms with van der Waals surface area (Å²) in [5.41, 5.74) is 1.41. The Bertz CT molecular complexity index is 920. The predicted molar refractivity (Wildman–Crippen MR) is 100 cm³/mol. The lowest BCUT2D eigenvalue weighted by atomic mass is 9.86. The summed E-state index contributed by atoms with van der Waals surface area (Å²) in [5, 5.41) is 3.65. The quantitative estimate of drug-likeness (QED) is 0.877. The van der Waals surface area contributed by atoms with Gasteiger partial charge in [-0.1, -0.05) is 41.9 Å². The number of amides is 2. The molecule has 2 amide bonds. The van der Waals surface area contributed by atoms with Crippen LogP contribution in [0.15, 0.2) is 48.5 Å². The number of likely N-dealkylation sites (tertiary alicyclic amines) is 1. The van der Waals surface area contributed by atoms with E-state index in [0.29, 0.717) is 18.0 Å². The Hall–Kier alpha value is -2.33. The standard InChI is InChI=1S/C21H19ClN2O2/c22-15-8-6-14(7-9-15)20(11-12-20)19(26)24-13-3-10-21(24)16-4-1-2-5-17(16)23-18(21)25/h1-2,4-9H,3,10-13H2,(H,23,25)/t21-/m1/s1. The highest BCUT2D eigenvalue weighted by atomic mass is 35.5. The van der Waals surface area contributed by atoms with Crippen LogP contribution in [0.5, 0.6) is 0 Å². The van der Waals surface area contributed by atoms with Crippen molar-refractivity contribution in [3.8, 4) is 0 Å². The van der Waals surface area contributed by atoms with Crippen molar-refractivity contribution in [3.63, 3.8) is 0 Å². The Morgan fingerprint density at radius 1 is 1.04 bits per heavy atom. The Kier molecular flexibility index (Phi) is 3.26. The molecule has 2 aliphatic heterocycles. The normalized spacial score (nSPS) is 25.3. The number of nitrogens with one attached hydrogen (secondary N) is 1. The molecular weight excluding hydrogens is 348 g/mol. The summed E-state index contributed by atoms with van der Waals surface area (Å²) in [6.07, 6.45) is 3.16. The summed E-state index contributed by atoms with van der Waals surface area (Å²) < 4.78 is 0. The summed E-state index contributed by atoms with van der Waals surface area (Å²) in [4.78, 5) is 28.5. The number of carbonyl (C=O) groups is 2. The Balaban J connectivity index is 1.57. The molecule has 5 heteroatoms. The molecule has 1 aliphatic carbocycles. The SMILES string of the molecule is O=C(N1CCC[C@@]12C(=O)Nc1ccccc12)C1(c2ccc(Cl)cc2)CC1. The molecule has 2 aromatic carbocycles. The van der Waals surface area contributed by atoms with E-state index in [9.17, 15) is 9.59 Å². The van der Waals surface area contributed by atoms with E-state index in [4.69, 9.17) is 11.6 Å². The number of carbonyl (C=O) groups excluding carboxylic acids is 2. The average molecular weight is 367 g/mol. The Morgan fingerprint density at radius 2 is 1.77 bits per heavy atom. The van der Waals surface area contributed by atoms with Crippen LogP contribution in [0.4, 0.5) is 5.69 Å². The van der Waals surface area contributed by atoms with Gasteiger partial charge in [0.05, 0.1) is 5.41 Å². The molecule has 132 valence electrons. The topological polar surface area (TPSA) is 49.4 Å². The van der Waals surface area contributed by atoms with Gasteiger partial charge in [-0.15, -0.1) is 0 Å². The summed E-state index contributed by atoms with van der Waals surface area (Å²) in [6.45, 7) is 0.621. The number of nitrogens with zero attached hydrogens (tertiary/aromatic N) is 1. The van der Waals surface area contributed by atoms with E-state index in [1.807, 2.05) is 53.4 Å². The van der Waals surface area contributed by atoms with Crippen LogP contribution >= 0.6 is 11.6 Å². The molecule has 1 atom stereocenters. The van der Waals surface area contributed by atoms with E-state index in [2.05, 4.69) is 5.32 Å². The second-order valence-electron chi connectivity index (χ2n) is 7.51. The van der Waals surface area contributed by atoms with Crippen molar-refractivity contribution in [2.24, 2.45) is 0 Å². The molecule has 1 saturated heterocycles. The number of rotatable bonds is 2. The highest BCUT2D eigenvalue weighted by Crippen LogP contribution is 2.54. The maximum absolute atomic E-state index is 13.6. The van der Waals surface area contributed by atoms with Crippen LogP contribution in [-0.4, -0.2) is 23.3 Å². The van der Waals surface area contributed by atoms with Gasteiger partial charge in [-0.25, -0.2) is 0 Å². The lowest BCUT2D eigenvalue weighted by Crippen LogP contribution is -2.52. The van der Waals surface area contributed by atoms with Gasteiger partial charge in [-0.05, 0) is 49.4 Å². The number of hydrogen-bond acceptors (Lipinski definition) is 2. The molecule has 5 rings (SSSR count). The zero-order valence-electron chi connectivity index (χ0n) is 14.3. The van der Waals surface area contributed by atoms with Gasteiger partial charge in [0, 0.05) is 22.8 Å². The van der Waals surface area contributed by atoms with Gasteiger partial charge in [0.2, 0.25) is 5.91 Å². The van der Waals surface area contributed by atoms with Gasteiger partial charge in [0.1, 0.15) is 5.54 Å². The molecule has 0 aromatic heterocycles. The minimum Gasteiger partial charge on any atom is -0.323 e. The zero-order chi connectivity index (χ0) is 17.9. The summed E-state index contributed by atoms with van der Waals surface area (Å²) in [7, 11) is 0. The lowest BCUT2D eigenvalue weighted by Gasteiger charge is -2.36. The van der Waals surface area contributed by atoms with Crippen molar-refractivity contribution in [3.05, 3.63) is 64.7 Å². The van der Waals surface area contributed by atoms with Gasteiger partial charge < -0.3 is 10.2 Å². The van der Waals surface area contributed by atoms with Crippen LogP contribution in [0.3, 0.4) is 0 Å². The van der Waals surface area contributed by atoms with Crippen molar-refractivity contribution in [2.75, 3.05) is 11.9 Å². The summed E-state index contributed by atoms with van der Waals surface area (Å²) in [5.74, 6) is 0.000585. The first-order valence-corrected chi connectivity index (χ1v) is 9.45. The fourth-order valence-corrected chi connectivity index (χ4v) is 4.81. The maximum atomic E-state index is 13.6. The zero-order valence-corrected chi connectivity index (χ0v) is 15.1. The molecule has 1 saturated carbocycles. The summed E-state index contributed by atoms with van der Waals surface area (Å²) in [6, 6.07) is 15.3. The van der Waals surface area contributed by atoms with E-state index >= 15 is 0 Å². The average Bonchev–Trinajstić information content (AvgIpc) is 3.26. The fraction of sp³-hybridized carbons (Fsp3) is 0.333. The van der Waals surface area contributed by atoms with Crippen molar-refractivity contribution < 1.29 is 9.59 Å². The van der Waals surface area contributed by atoms with Crippen LogP contribution < -0.4 is 5.32 Å². The third-order valence-electron chi connectivity index (χ3n) is 6.18. The highest BCUT2D eigenvalue weighted by molar-refractivity contribution is 6.30. The van der Waals surface area contributed by atoms with Gasteiger partial charge in [-0.3, -0.25) is 9.59 Å². The second-order valence-corrected chi connectivity index (χ2v) is 7.95. The maximum Gasteiger partial charge on any atom is 0.255 e. The summed E-state index contributed by atoms with van der Waals surface area (Å²) >= 11 is 6.01.